The number of carbonyl (C=O) groups is 1. The second kappa shape index (κ2) is 6.61. The van der Waals surface area contributed by atoms with Gasteiger partial charge in [0, 0.05) is 38.4 Å². The van der Waals surface area contributed by atoms with Crippen LogP contribution in [0.5, 0.6) is 0 Å². The molecule has 4 rings (SSSR count). The molecule has 1 saturated heterocycles. The van der Waals surface area contributed by atoms with Crippen molar-refractivity contribution in [2.24, 2.45) is 11.8 Å². The molecule has 1 aromatic heterocycles. The van der Waals surface area contributed by atoms with E-state index in [4.69, 9.17) is 9.47 Å². The van der Waals surface area contributed by atoms with Crippen LogP contribution in [0.3, 0.4) is 0 Å². The summed E-state index contributed by atoms with van der Waals surface area (Å²) in [5, 5.41) is 4.41. The molecule has 0 bridgehead atoms. The molecule has 2 atom stereocenters. The molecule has 0 aromatic carbocycles. The zero-order valence-corrected chi connectivity index (χ0v) is 13.5. The van der Waals surface area contributed by atoms with Gasteiger partial charge in [-0.1, -0.05) is 0 Å². The average Bonchev–Trinajstić information content (AvgIpc) is 3.07. The molecule has 1 aliphatic carbocycles. The number of amides is 1. The predicted molar refractivity (Wildman–Crippen MR) is 83.7 cm³/mol. The molecule has 0 spiro atoms. The van der Waals surface area contributed by atoms with Crippen LogP contribution in [0.15, 0.2) is 12.3 Å². The minimum absolute atomic E-state index is 0.129. The number of ether oxygens (including phenoxy) is 2. The van der Waals surface area contributed by atoms with Crippen molar-refractivity contribution in [2.75, 3.05) is 26.4 Å². The minimum atomic E-state index is -0.252. The molecule has 2 aliphatic heterocycles. The van der Waals surface area contributed by atoms with Gasteiger partial charge in [-0.2, -0.15) is 5.10 Å². The number of rotatable bonds is 5. The second-order valence-electron chi connectivity index (χ2n) is 7.07. The quantitative estimate of drug-likeness (QED) is 0.824. The van der Waals surface area contributed by atoms with E-state index < -0.39 is 0 Å². The molecular formula is C17H25N3O3. The van der Waals surface area contributed by atoms with Crippen molar-refractivity contribution in [1.82, 2.24) is 14.7 Å². The van der Waals surface area contributed by atoms with Crippen LogP contribution in [0.1, 0.15) is 31.4 Å². The Labute approximate surface area is 136 Å². The third-order valence-electron chi connectivity index (χ3n) is 4.99. The van der Waals surface area contributed by atoms with Crippen LogP contribution in [-0.4, -0.2) is 53.1 Å². The van der Waals surface area contributed by atoms with Gasteiger partial charge in [0.25, 0.3) is 5.91 Å². The summed E-state index contributed by atoms with van der Waals surface area (Å²) in [5.41, 5.74) is 1.10. The van der Waals surface area contributed by atoms with E-state index >= 15 is 0 Å². The van der Waals surface area contributed by atoms with Crippen molar-refractivity contribution in [3.63, 3.8) is 0 Å². The maximum Gasteiger partial charge on any atom is 0.252 e. The molecule has 0 radical (unpaired) electrons. The average molecular weight is 319 g/mol. The highest BCUT2D eigenvalue weighted by atomic mass is 16.5. The molecule has 0 N–H and O–H groups in total. The largest absolute Gasteiger partial charge is 0.381 e. The number of hydrogen-bond donors (Lipinski definition) is 0. The van der Waals surface area contributed by atoms with Crippen molar-refractivity contribution >= 4 is 5.91 Å². The van der Waals surface area contributed by atoms with Crippen LogP contribution in [0.2, 0.25) is 0 Å². The van der Waals surface area contributed by atoms with Gasteiger partial charge in [-0.15, -0.1) is 0 Å². The van der Waals surface area contributed by atoms with E-state index in [1.807, 2.05) is 21.8 Å². The molecule has 1 saturated carbocycles. The molecule has 1 amide bonds. The van der Waals surface area contributed by atoms with E-state index in [0.29, 0.717) is 25.7 Å². The number of fused-ring (bicyclic) bond motifs is 1. The van der Waals surface area contributed by atoms with E-state index in [1.54, 1.807) is 0 Å². The van der Waals surface area contributed by atoms with E-state index in [1.165, 1.54) is 12.8 Å². The fourth-order valence-corrected chi connectivity index (χ4v) is 3.47. The van der Waals surface area contributed by atoms with Crippen LogP contribution in [0, 0.1) is 11.8 Å². The number of hydrogen-bond acceptors (Lipinski definition) is 4. The molecule has 1 aromatic rings. The third kappa shape index (κ3) is 3.58. The predicted octanol–water partition coefficient (Wildman–Crippen LogP) is 1.45. The minimum Gasteiger partial charge on any atom is -0.381 e. The fraction of sp³-hybridized carbons (Fsp3) is 0.765. The summed E-state index contributed by atoms with van der Waals surface area (Å²) >= 11 is 0. The first kappa shape index (κ1) is 15.1. The van der Waals surface area contributed by atoms with Crippen molar-refractivity contribution in [1.29, 1.82) is 0 Å². The van der Waals surface area contributed by atoms with Crippen molar-refractivity contribution in [2.45, 2.75) is 44.9 Å². The molecule has 2 fully saturated rings. The lowest BCUT2D eigenvalue weighted by Crippen LogP contribution is -2.41. The Kier molecular flexibility index (Phi) is 4.35. The molecule has 0 unspecified atom stereocenters. The molecule has 126 valence electrons. The molecule has 6 nitrogen and oxygen atoms in total. The van der Waals surface area contributed by atoms with Crippen LogP contribution >= 0.6 is 0 Å². The third-order valence-corrected chi connectivity index (χ3v) is 4.99. The molecular weight excluding hydrogens is 294 g/mol. The topological polar surface area (TPSA) is 56.6 Å². The van der Waals surface area contributed by atoms with Crippen LogP contribution in [0.4, 0.5) is 0 Å². The number of nitrogens with zero attached hydrogens (tertiary/aromatic N) is 3. The Balaban J connectivity index is 1.43. The van der Waals surface area contributed by atoms with E-state index in [0.717, 1.165) is 44.1 Å². The van der Waals surface area contributed by atoms with Gasteiger partial charge in [0.15, 0.2) is 0 Å². The Morgan fingerprint density at radius 3 is 2.91 bits per heavy atom. The maximum atomic E-state index is 12.8. The normalized spacial score (nSPS) is 27.7. The second-order valence-corrected chi connectivity index (χ2v) is 7.07. The van der Waals surface area contributed by atoms with Gasteiger partial charge in [-0.05, 0) is 37.7 Å². The Hall–Kier alpha value is -1.40. The maximum absolute atomic E-state index is 12.8. The van der Waals surface area contributed by atoms with Crippen LogP contribution < -0.4 is 0 Å². The summed E-state index contributed by atoms with van der Waals surface area (Å²) in [4.78, 5) is 14.7. The molecule has 23 heavy (non-hydrogen) atoms. The van der Waals surface area contributed by atoms with E-state index in [9.17, 15) is 4.79 Å². The van der Waals surface area contributed by atoms with Gasteiger partial charge in [0.05, 0.1) is 18.8 Å². The zero-order chi connectivity index (χ0) is 15.6. The summed E-state index contributed by atoms with van der Waals surface area (Å²) in [6.45, 7) is 4.44. The highest BCUT2D eigenvalue weighted by molar-refractivity contribution is 5.81. The smallest absolute Gasteiger partial charge is 0.252 e. The zero-order valence-electron chi connectivity index (χ0n) is 13.5. The summed E-state index contributed by atoms with van der Waals surface area (Å²) < 4.78 is 13.5. The van der Waals surface area contributed by atoms with Crippen molar-refractivity contribution in [3.8, 4) is 0 Å². The number of aromatic nitrogens is 2. The van der Waals surface area contributed by atoms with E-state index in [-0.39, 0.29) is 12.0 Å². The van der Waals surface area contributed by atoms with Gasteiger partial charge < -0.3 is 14.4 Å². The van der Waals surface area contributed by atoms with Crippen LogP contribution in [-0.2, 0) is 27.4 Å². The van der Waals surface area contributed by atoms with E-state index in [2.05, 4.69) is 5.10 Å². The SMILES string of the molecule is O=C([C@H]1CCCO1)N1Cc2ccnn2C[C@H](COCC2CC2)C1. The van der Waals surface area contributed by atoms with Crippen molar-refractivity contribution in [3.05, 3.63) is 18.0 Å². The van der Waals surface area contributed by atoms with Gasteiger partial charge in [-0.3, -0.25) is 9.48 Å². The Morgan fingerprint density at radius 2 is 2.13 bits per heavy atom. The van der Waals surface area contributed by atoms with Crippen LogP contribution in [0.25, 0.3) is 0 Å². The summed E-state index contributed by atoms with van der Waals surface area (Å²) in [6, 6.07) is 2.00. The summed E-state index contributed by atoms with van der Waals surface area (Å²) in [6.07, 6.45) is 6.00. The first-order chi connectivity index (χ1) is 11.3. The first-order valence-electron chi connectivity index (χ1n) is 8.78. The first-order valence-corrected chi connectivity index (χ1v) is 8.78. The summed E-state index contributed by atoms with van der Waals surface area (Å²) in [7, 11) is 0. The van der Waals surface area contributed by atoms with Gasteiger partial charge in [0.1, 0.15) is 6.10 Å². The molecule has 6 heteroatoms. The highest BCUT2D eigenvalue weighted by Gasteiger charge is 2.32. The lowest BCUT2D eigenvalue weighted by atomic mass is 10.1. The summed E-state index contributed by atoms with van der Waals surface area (Å²) in [5.74, 6) is 1.19. The lowest BCUT2D eigenvalue weighted by molar-refractivity contribution is -0.142. The molecule has 3 heterocycles. The lowest BCUT2D eigenvalue weighted by Gasteiger charge is -2.26. The van der Waals surface area contributed by atoms with Gasteiger partial charge >= 0.3 is 0 Å². The Morgan fingerprint density at radius 1 is 1.26 bits per heavy atom. The Bertz CT molecular complexity index is 549. The van der Waals surface area contributed by atoms with Gasteiger partial charge in [0.2, 0.25) is 0 Å². The van der Waals surface area contributed by atoms with Crippen molar-refractivity contribution < 1.29 is 14.3 Å². The number of carbonyl (C=O) groups excluding carboxylic acids is 1. The highest BCUT2D eigenvalue weighted by Crippen LogP contribution is 2.29. The molecule has 3 aliphatic rings. The standard InChI is InChI=1S/C17H25N3O3/c21-17(16-2-1-7-23-16)19-8-14(12-22-11-13-3-4-13)9-20-15(10-19)5-6-18-20/h5-6,13-14,16H,1-4,7-12H2/t14-,16-/m1/s1. The fourth-order valence-electron chi connectivity index (χ4n) is 3.47. The monoisotopic (exact) mass is 319 g/mol. The van der Waals surface area contributed by atoms with Gasteiger partial charge in [-0.25, -0.2) is 0 Å².